The maximum Gasteiger partial charge on any atom is 0.255 e. The molecule has 0 spiro atoms. The van der Waals surface area contributed by atoms with Gasteiger partial charge in [0.15, 0.2) is 5.82 Å². The number of nitrogens with one attached hydrogen (secondary N) is 2. The Hall–Kier alpha value is -2.25. The second kappa shape index (κ2) is 5.81. The number of carbonyl (C=O) groups excluding carboxylic acids is 1. The van der Waals surface area contributed by atoms with Crippen LogP contribution in [0.4, 0.5) is 0 Å². The zero-order valence-electron chi connectivity index (χ0n) is 12.1. The number of aromatic amines is 1. The Morgan fingerprint density at radius 3 is 2.70 bits per heavy atom. The van der Waals surface area contributed by atoms with Crippen molar-refractivity contribution < 1.29 is 4.79 Å². The first-order valence-corrected chi connectivity index (χ1v) is 6.57. The number of carbonyl (C=O) groups is 1. The topological polar surface area (TPSA) is 101 Å². The number of hydrogen-bond donors (Lipinski definition) is 2. The summed E-state index contributed by atoms with van der Waals surface area (Å²) in [7, 11) is 0. The van der Waals surface area contributed by atoms with Crippen LogP contribution in [0.1, 0.15) is 47.5 Å². The average molecular weight is 277 g/mol. The Labute approximate surface area is 117 Å². The van der Waals surface area contributed by atoms with Gasteiger partial charge < -0.3 is 5.32 Å². The standard InChI is InChI=1S/C12H19N7O/c1-7(2)19-9(4)11(8(3)16-19)12(20)13-6-5-10-14-17-18-15-10/h7H,5-6H2,1-4H3,(H,13,20)(H,14,15,17,18). The van der Waals surface area contributed by atoms with Gasteiger partial charge in [-0.2, -0.15) is 10.3 Å². The molecule has 0 saturated carbocycles. The molecule has 1 amide bonds. The summed E-state index contributed by atoms with van der Waals surface area (Å²) in [5.41, 5.74) is 2.27. The molecule has 2 aromatic heterocycles. The summed E-state index contributed by atoms with van der Waals surface area (Å²) in [4.78, 5) is 12.2. The van der Waals surface area contributed by atoms with Gasteiger partial charge in [0.1, 0.15) is 0 Å². The van der Waals surface area contributed by atoms with E-state index < -0.39 is 0 Å². The molecule has 0 bridgehead atoms. The molecule has 20 heavy (non-hydrogen) atoms. The SMILES string of the molecule is Cc1nn(C(C)C)c(C)c1C(=O)NCCc1nn[nH]n1. The third kappa shape index (κ3) is 2.84. The van der Waals surface area contributed by atoms with Gasteiger partial charge >= 0.3 is 0 Å². The number of amides is 1. The summed E-state index contributed by atoms with van der Waals surface area (Å²) in [5.74, 6) is 0.465. The summed E-state index contributed by atoms with van der Waals surface area (Å²) < 4.78 is 1.86. The first kappa shape index (κ1) is 14.2. The summed E-state index contributed by atoms with van der Waals surface area (Å²) in [6.07, 6.45) is 0.540. The van der Waals surface area contributed by atoms with Crippen LogP contribution in [0.3, 0.4) is 0 Å². The van der Waals surface area contributed by atoms with Crippen LogP contribution >= 0.6 is 0 Å². The van der Waals surface area contributed by atoms with Crippen LogP contribution in [-0.4, -0.2) is 42.9 Å². The van der Waals surface area contributed by atoms with Gasteiger partial charge in [0.2, 0.25) is 0 Å². The molecule has 2 N–H and O–H groups in total. The number of rotatable bonds is 5. The van der Waals surface area contributed by atoms with Crippen LogP contribution in [0.5, 0.6) is 0 Å². The Morgan fingerprint density at radius 2 is 2.15 bits per heavy atom. The maximum absolute atomic E-state index is 12.2. The van der Waals surface area contributed by atoms with E-state index in [2.05, 4.69) is 31.0 Å². The fraction of sp³-hybridized carbons (Fsp3) is 0.583. The second-order valence-corrected chi connectivity index (χ2v) is 4.92. The highest BCUT2D eigenvalue weighted by Crippen LogP contribution is 2.16. The zero-order valence-corrected chi connectivity index (χ0v) is 12.1. The minimum Gasteiger partial charge on any atom is -0.351 e. The monoisotopic (exact) mass is 277 g/mol. The van der Waals surface area contributed by atoms with Crippen molar-refractivity contribution in [3.05, 3.63) is 22.8 Å². The maximum atomic E-state index is 12.2. The van der Waals surface area contributed by atoms with E-state index in [0.29, 0.717) is 24.4 Å². The van der Waals surface area contributed by atoms with Gasteiger partial charge in [-0.1, -0.05) is 5.21 Å². The van der Waals surface area contributed by atoms with Crippen LogP contribution in [0.25, 0.3) is 0 Å². The van der Waals surface area contributed by atoms with Crippen molar-refractivity contribution in [1.29, 1.82) is 0 Å². The molecule has 8 heteroatoms. The summed E-state index contributed by atoms with van der Waals surface area (Å²) >= 11 is 0. The highest BCUT2D eigenvalue weighted by atomic mass is 16.1. The van der Waals surface area contributed by atoms with Crippen molar-refractivity contribution >= 4 is 5.91 Å². The van der Waals surface area contributed by atoms with E-state index in [9.17, 15) is 4.79 Å². The van der Waals surface area contributed by atoms with Crippen molar-refractivity contribution in [1.82, 2.24) is 35.7 Å². The van der Waals surface area contributed by atoms with E-state index in [1.165, 1.54) is 0 Å². The van der Waals surface area contributed by atoms with Crippen LogP contribution in [0.15, 0.2) is 0 Å². The van der Waals surface area contributed by atoms with Crippen LogP contribution in [-0.2, 0) is 6.42 Å². The minimum absolute atomic E-state index is 0.115. The fourth-order valence-electron chi connectivity index (χ4n) is 2.16. The smallest absolute Gasteiger partial charge is 0.255 e. The quantitative estimate of drug-likeness (QED) is 0.831. The molecular formula is C12H19N7O. The number of hydrogen-bond acceptors (Lipinski definition) is 5. The van der Waals surface area contributed by atoms with Crippen molar-refractivity contribution in [2.75, 3.05) is 6.54 Å². The molecular weight excluding hydrogens is 258 g/mol. The van der Waals surface area contributed by atoms with E-state index >= 15 is 0 Å². The van der Waals surface area contributed by atoms with Gasteiger partial charge in [0.25, 0.3) is 5.91 Å². The van der Waals surface area contributed by atoms with Gasteiger partial charge in [-0.15, -0.1) is 10.2 Å². The first-order chi connectivity index (χ1) is 9.50. The Balaban J connectivity index is 2.02. The van der Waals surface area contributed by atoms with Gasteiger partial charge in [0.05, 0.1) is 11.3 Å². The largest absolute Gasteiger partial charge is 0.351 e. The van der Waals surface area contributed by atoms with E-state index in [1.54, 1.807) is 0 Å². The van der Waals surface area contributed by atoms with E-state index in [4.69, 9.17) is 0 Å². The van der Waals surface area contributed by atoms with Gasteiger partial charge in [0, 0.05) is 24.7 Å². The zero-order chi connectivity index (χ0) is 14.7. The Kier molecular flexibility index (Phi) is 4.11. The summed E-state index contributed by atoms with van der Waals surface area (Å²) in [6.45, 7) is 8.30. The lowest BCUT2D eigenvalue weighted by molar-refractivity contribution is 0.0952. The van der Waals surface area contributed by atoms with Crippen LogP contribution in [0.2, 0.25) is 0 Å². The molecule has 108 valence electrons. The molecule has 0 saturated heterocycles. The van der Waals surface area contributed by atoms with Gasteiger partial charge in [-0.3, -0.25) is 9.48 Å². The predicted molar refractivity (Wildman–Crippen MR) is 72.3 cm³/mol. The predicted octanol–water partition coefficient (Wildman–Crippen LogP) is 0.566. The van der Waals surface area contributed by atoms with Crippen molar-refractivity contribution in [3.8, 4) is 0 Å². The highest BCUT2D eigenvalue weighted by molar-refractivity contribution is 5.96. The number of nitrogens with zero attached hydrogens (tertiary/aromatic N) is 5. The number of aromatic nitrogens is 6. The lowest BCUT2D eigenvalue weighted by Gasteiger charge is -2.08. The van der Waals surface area contributed by atoms with E-state index in [-0.39, 0.29) is 11.9 Å². The average Bonchev–Trinajstić information content (AvgIpc) is 2.97. The van der Waals surface area contributed by atoms with E-state index in [0.717, 1.165) is 11.4 Å². The highest BCUT2D eigenvalue weighted by Gasteiger charge is 2.19. The van der Waals surface area contributed by atoms with Crippen LogP contribution < -0.4 is 5.32 Å². The second-order valence-electron chi connectivity index (χ2n) is 4.92. The van der Waals surface area contributed by atoms with Crippen molar-refractivity contribution in [2.24, 2.45) is 0 Å². The van der Waals surface area contributed by atoms with E-state index in [1.807, 2.05) is 32.4 Å². The van der Waals surface area contributed by atoms with Crippen LogP contribution in [0, 0.1) is 13.8 Å². The molecule has 0 aromatic carbocycles. The molecule has 0 aliphatic rings. The fourth-order valence-corrected chi connectivity index (χ4v) is 2.16. The molecule has 0 unspecified atom stereocenters. The van der Waals surface area contributed by atoms with Gasteiger partial charge in [-0.05, 0) is 27.7 Å². The third-order valence-corrected chi connectivity index (χ3v) is 3.06. The first-order valence-electron chi connectivity index (χ1n) is 6.57. The lowest BCUT2D eigenvalue weighted by Crippen LogP contribution is -2.27. The van der Waals surface area contributed by atoms with Crippen molar-refractivity contribution in [2.45, 2.75) is 40.2 Å². The minimum atomic E-state index is -0.115. The molecule has 0 radical (unpaired) electrons. The molecule has 0 aliphatic carbocycles. The summed E-state index contributed by atoms with van der Waals surface area (Å²) in [6, 6.07) is 0.231. The van der Waals surface area contributed by atoms with Crippen molar-refractivity contribution in [3.63, 3.8) is 0 Å². The molecule has 2 rings (SSSR count). The summed E-state index contributed by atoms with van der Waals surface area (Å²) in [5, 5.41) is 20.8. The normalized spacial score (nSPS) is 11.1. The Bertz CT molecular complexity index is 585. The molecule has 8 nitrogen and oxygen atoms in total. The molecule has 2 heterocycles. The molecule has 0 aliphatic heterocycles. The molecule has 0 atom stereocenters. The number of aryl methyl sites for hydroxylation is 1. The number of tetrazole rings is 1. The third-order valence-electron chi connectivity index (χ3n) is 3.06. The Morgan fingerprint density at radius 1 is 1.40 bits per heavy atom. The molecule has 0 fully saturated rings. The lowest BCUT2D eigenvalue weighted by atomic mass is 10.2. The molecule has 2 aromatic rings. The number of H-pyrrole nitrogens is 1. The van der Waals surface area contributed by atoms with Gasteiger partial charge in [-0.25, -0.2) is 0 Å².